The molecule has 0 unspecified atom stereocenters. The van der Waals surface area contributed by atoms with Crippen LogP contribution in [0.2, 0.25) is 0 Å². The number of halogens is 1. The summed E-state index contributed by atoms with van der Waals surface area (Å²) >= 11 is 3.42. The van der Waals surface area contributed by atoms with E-state index in [0.29, 0.717) is 11.4 Å². The van der Waals surface area contributed by atoms with Gasteiger partial charge in [-0.2, -0.15) is 15.4 Å². The van der Waals surface area contributed by atoms with Gasteiger partial charge in [-0.1, -0.05) is 6.07 Å². The van der Waals surface area contributed by atoms with E-state index in [9.17, 15) is 0 Å². The predicted molar refractivity (Wildman–Crippen MR) is 90.6 cm³/mol. The predicted octanol–water partition coefficient (Wildman–Crippen LogP) is 3.55. The van der Waals surface area contributed by atoms with Gasteiger partial charge < -0.3 is 0 Å². The van der Waals surface area contributed by atoms with Crippen LogP contribution in [-0.4, -0.2) is 30.4 Å². The molecule has 0 saturated heterocycles. The van der Waals surface area contributed by atoms with Crippen LogP contribution in [0.4, 0.5) is 0 Å². The van der Waals surface area contributed by atoms with Crippen LogP contribution in [0.5, 0.6) is 0 Å². The van der Waals surface area contributed by atoms with E-state index in [-0.39, 0.29) is 0 Å². The molecule has 0 fully saturated rings. The van der Waals surface area contributed by atoms with E-state index in [0.717, 1.165) is 32.6 Å². The van der Waals surface area contributed by atoms with E-state index in [1.54, 1.807) is 6.20 Å². The molecule has 4 rings (SSSR count). The van der Waals surface area contributed by atoms with Gasteiger partial charge in [0.05, 0.1) is 22.4 Å². The fraction of sp³-hybridized carbons (Fsp3) is 0.0625. The van der Waals surface area contributed by atoms with Gasteiger partial charge >= 0.3 is 0 Å². The van der Waals surface area contributed by atoms with E-state index in [2.05, 4.69) is 46.3 Å². The molecule has 0 saturated carbocycles. The van der Waals surface area contributed by atoms with Gasteiger partial charge in [-0.25, -0.2) is 4.98 Å². The summed E-state index contributed by atoms with van der Waals surface area (Å²) in [5.41, 5.74) is 5.40. The molecular weight excluding hydrogens is 356 g/mol. The summed E-state index contributed by atoms with van der Waals surface area (Å²) in [6, 6.07) is 11.5. The molecule has 23 heavy (non-hydrogen) atoms. The second-order valence-electron chi connectivity index (χ2n) is 5.07. The van der Waals surface area contributed by atoms with Crippen LogP contribution in [0.3, 0.4) is 0 Å². The highest BCUT2D eigenvalue weighted by Crippen LogP contribution is 2.27. The monoisotopic (exact) mass is 366 g/mol. The van der Waals surface area contributed by atoms with Gasteiger partial charge in [0.1, 0.15) is 11.4 Å². The summed E-state index contributed by atoms with van der Waals surface area (Å²) in [4.78, 5) is 13.5. The Morgan fingerprint density at radius 2 is 1.70 bits per heavy atom. The van der Waals surface area contributed by atoms with Gasteiger partial charge in [-0.3, -0.25) is 9.97 Å². The number of fused-ring (bicyclic) bond motifs is 1. The minimum absolute atomic E-state index is 0.671. The normalized spacial score (nSPS) is 11.0. The number of H-pyrrole nitrogens is 1. The third kappa shape index (κ3) is 2.59. The topological polar surface area (TPSA) is 80.2 Å². The summed E-state index contributed by atoms with van der Waals surface area (Å²) in [7, 11) is 0. The van der Waals surface area contributed by atoms with Gasteiger partial charge in [-0.05, 0) is 53.2 Å². The Morgan fingerprint density at radius 1 is 0.913 bits per heavy atom. The molecule has 0 bridgehead atoms. The highest BCUT2D eigenvalue weighted by molar-refractivity contribution is 9.10. The van der Waals surface area contributed by atoms with Crippen molar-refractivity contribution in [2.75, 3.05) is 0 Å². The number of aromatic amines is 1. The van der Waals surface area contributed by atoms with Crippen LogP contribution in [0.1, 0.15) is 5.69 Å². The number of aromatic nitrogens is 6. The van der Waals surface area contributed by atoms with Crippen molar-refractivity contribution in [3.63, 3.8) is 0 Å². The van der Waals surface area contributed by atoms with Crippen molar-refractivity contribution >= 4 is 27.0 Å². The highest BCUT2D eigenvalue weighted by Gasteiger charge is 2.15. The van der Waals surface area contributed by atoms with Gasteiger partial charge in [-0.15, -0.1) is 0 Å². The Kier molecular flexibility index (Phi) is 3.34. The molecular formula is C16H11BrN6. The Hall–Kier alpha value is -2.67. The SMILES string of the molecule is Cc1cccc(-c2n[nH]nc2-c2ccc3ncc(Br)cc3n2)n1. The average Bonchev–Trinajstić information content (AvgIpc) is 3.03. The molecule has 0 spiro atoms. The average molecular weight is 367 g/mol. The van der Waals surface area contributed by atoms with Gasteiger partial charge in [0, 0.05) is 16.4 Å². The highest BCUT2D eigenvalue weighted by atomic mass is 79.9. The number of hydrogen-bond donors (Lipinski definition) is 1. The van der Waals surface area contributed by atoms with E-state index in [1.807, 2.05) is 43.3 Å². The van der Waals surface area contributed by atoms with Crippen molar-refractivity contribution in [1.29, 1.82) is 0 Å². The van der Waals surface area contributed by atoms with Crippen molar-refractivity contribution in [1.82, 2.24) is 30.4 Å². The minimum Gasteiger partial charge on any atom is -0.253 e. The van der Waals surface area contributed by atoms with Crippen LogP contribution < -0.4 is 0 Å². The lowest BCUT2D eigenvalue weighted by Gasteiger charge is -2.03. The summed E-state index contributed by atoms with van der Waals surface area (Å²) < 4.78 is 0.885. The summed E-state index contributed by atoms with van der Waals surface area (Å²) in [5, 5.41) is 11.2. The van der Waals surface area contributed by atoms with Gasteiger partial charge in [0.15, 0.2) is 0 Å². The van der Waals surface area contributed by atoms with E-state index in [1.165, 1.54) is 0 Å². The van der Waals surface area contributed by atoms with Crippen LogP contribution in [0, 0.1) is 6.92 Å². The summed E-state index contributed by atoms with van der Waals surface area (Å²) in [5.74, 6) is 0. The molecule has 4 heterocycles. The molecule has 4 aromatic heterocycles. The molecule has 0 aliphatic heterocycles. The van der Waals surface area contributed by atoms with Crippen LogP contribution in [-0.2, 0) is 0 Å². The van der Waals surface area contributed by atoms with Crippen molar-refractivity contribution in [2.45, 2.75) is 6.92 Å². The number of pyridine rings is 3. The van der Waals surface area contributed by atoms with E-state index < -0.39 is 0 Å². The van der Waals surface area contributed by atoms with Crippen molar-refractivity contribution < 1.29 is 0 Å². The fourth-order valence-corrected chi connectivity index (χ4v) is 2.70. The quantitative estimate of drug-likeness (QED) is 0.586. The van der Waals surface area contributed by atoms with E-state index >= 15 is 0 Å². The van der Waals surface area contributed by atoms with Crippen LogP contribution in [0.15, 0.2) is 47.1 Å². The lowest BCUT2D eigenvalue weighted by molar-refractivity contribution is 0.941. The number of hydrogen-bond acceptors (Lipinski definition) is 5. The lowest BCUT2D eigenvalue weighted by Crippen LogP contribution is -1.92. The fourth-order valence-electron chi connectivity index (χ4n) is 2.38. The third-order valence-electron chi connectivity index (χ3n) is 3.43. The number of aryl methyl sites for hydroxylation is 1. The zero-order chi connectivity index (χ0) is 15.8. The molecule has 0 radical (unpaired) electrons. The Bertz CT molecular complexity index is 1010. The maximum Gasteiger partial charge on any atom is 0.140 e. The van der Waals surface area contributed by atoms with Crippen LogP contribution in [0.25, 0.3) is 33.8 Å². The molecule has 0 atom stereocenters. The third-order valence-corrected chi connectivity index (χ3v) is 3.86. The first kappa shape index (κ1) is 14.0. The van der Waals surface area contributed by atoms with Crippen molar-refractivity contribution in [2.24, 2.45) is 0 Å². The number of rotatable bonds is 2. The van der Waals surface area contributed by atoms with Gasteiger partial charge in [0.25, 0.3) is 0 Å². The maximum absolute atomic E-state index is 4.64. The standard InChI is InChI=1S/C16H11BrN6/c1-9-3-2-4-12(19-9)15-16(22-23-21-15)13-6-5-11-14(20-13)7-10(17)8-18-11/h2-8H,1H3,(H,21,22,23). The summed E-state index contributed by atoms with van der Waals surface area (Å²) in [6.07, 6.45) is 1.75. The molecule has 0 aromatic carbocycles. The van der Waals surface area contributed by atoms with Gasteiger partial charge in [0.2, 0.25) is 0 Å². The summed E-state index contributed by atoms with van der Waals surface area (Å²) in [6.45, 7) is 1.95. The molecule has 0 aliphatic rings. The molecule has 4 aromatic rings. The molecule has 6 nitrogen and oxygen atoms in total. The molecule has 0 aliphatic carbocycles. The molecule has 1 N–H and O–H groups in total. The first-order valence-electron chi connectivity index (χ1n) is 6.98. The first-order chi connectivity index (χ1) is 11.2. The zero-order valence-electron chi connectivity index (χ0n) is 12.2. The lowest BCUT2D eigenvalue weighted by atomic mass is 10.1. The second-order valence-corrected chi connectivity index (χ2v) is 5.99. The molecule has 0 amide bonds. The number of nitrogens with one attached hydrogen (secondary N) is 1. The maximum atomic E-state index is 4.64. The Morgan fingerprint density at radius 3 is 2.48 bits per heavy atom. The second kappa shape index (κ2) is 5.51. The Labute approximate surface area is 140 Å². The largest absolute Gasteiger partial charge is 0.253 e. The smallest absolute Gasteiger partial charge is 0.140 e. The zero-order valence-corrected chi connectivity index (χ0v) is 13.7. The minimum atomic E-state index is 0.671. The van der Waals surface area contributed by atoms with Crippen molar-refractivity contribution in [3.8, 4) is 22.8 Å². The Balaban J connectivity index is 1.87. The number of nitrogens with zero attached hydrogens (tertiary/aromatic N) is 5. The molecule has 7 heteroatoms. The molecule has 112 valence electrons. The first-order valence-corrected chi connectivity index (χ1v) is 7.77. The van der Waals surface area contributed by atoms with E-state index in [4.69, 9.17) is 0 Å². The van der Waals surface area contributed by atoms with Crippen molar-refractivity contribution in [3.05, 3.63) is 52.8 Å². The van der Waals surface area contributed by atoms with Crippen LogP contribution >= 0.6 is 15.9 Å².